The summed E-state index contributed by atoms with van der Waals surface area (Å²) in [6, 6.07) is 0. The number of nitrogen functional groups attached to an aromatic ring is 1. The van der Waals surface area contributed by atoms with Crippen molar-refractivity contribution >= 4 is 28.7 Å². The van der Waals surface area contributed by atoms with Crippen molar-refractivity contribution in [2.24, 2.45) is 0 Å². The van der Waals surface area contributed by atoms with E-state index < -0.39 is 0 Å². The molecule has 0 aromatic carbocycles. The summed E-state index contributed by atoms with van der Waals surface area (Å²) in [4.78, 5) is 16.5. The molecule has 0 unspecified atom stereocenters. The molecule has 0 saturated heterocycles. The maximum Gasteiger partial charge on any atom is 0.224 e. The maximum atomic E-state index is 5.74. The fourth-order valence-electron chi connectivity index (χ4n) is 2.07. The predicted molar refractivity (Wildman–Crippen MR) is 74.0 cm³/mol. The van der Waals surface area contributed by atoms with Gasteiger partial charge < -0.3 is 11.1 Å². The van der Waals surface area contributed by atoms with Crippen LogP contribution in [0.5, 0.6) is 0 Å². The molecule has 10 heteroatoms. The van der Waals surface area contributed by atoms with Crippen LogP contribution in [0.3, 0.4) is 0 Å². The quantitative estimate of drug-likeness (QED) is 0.534. The molecule has 4 aromatic rings. The highest BCUT2D eigenvalue weighted by Crippen LogP contribution is 2.21. The van der Waals surface area contributed by atoms with Crippen molar-refractivity contribution < 1.29 is 0 Å². The lowest BCUT2D eigenvalue weighted by Crippen LogP contribution is -2.04. The summed E-state index contributed by atoms with van der Waals surface area (Å²) in [5.74, 6) is 0.822. The average molecular weight is 282 g/mol. The van der Waals surface area contributed by atoms with Crippen LogP contribution in [-0.2, 0) is 0 Å². The smallest absolute Gasteiger partial charge is 0.224 e. The standard InChI is InChI=1S/C11H10N10/c1-6-2-13-10-8(14-5-18-20(6)10)19-7-3-17-21-9(7)15-4-16-11(21)12/h2-5H,1H3,(H2,12,15,16)(H,14,18,19). The first-order valence-electron chi connectivity index (χ1n) is 6.10. The number of hydrogen-bond donors (Lipinski definition) is 2. The summed E-state index contributed by atoms with van der Waals surface area (Å²) in [5.41, 5.74) is 8.49. The zero-order chi connectivity index (χ0) is 14.4. The highest BCUT2D eigenvalue weighted by atomic mass is 15.3. The molecule has 4 rings (SSSR count). The molecule has 0 saturated carbocycles. The van der Waals surface area contributed by atoms with Crippen LogP contribution < -0.4 is 11.1 Å². The Kier molecular flexibility index (Phi) is 2.25. The molecule has 0 aliphatic heterocycles. The molecule has 0 radical (unpaired) electrons. The summed E-state index contributed by atoms with van der Waals surface area (Å²) in [5, 5.41) is 11.4. The predicted octanol–water partition coefficient (Wildman–Crippen LogP) is 0.196. The molecule has 21 heavy (non-hydrogen) atoms. The van der Waals surface area contributed by atoms with Gasteiger partial charge in [-0.15, -0.1) is 0 Å². The highest BCUT2D eigenvalue weighted by molar-refractivity contribution is 5.77. The monoisotopic (exact) mass is 282 g/mol. The Morgan fingerprint density at radius 3 is 2.76 bits per heavy atom. The third-order valence-corrected chi connectivity index (χ3v) is 3.06. The van der Waals surface area contributed by atoms with E-state index in [0.717, 1.165) is 5.69 Å². The molecule has 0 aliphatic rings. The van der Waals surface area contributed by atoms with Gasteiger partial charge in [-0.2, -0.15) is 14.7 Å². The fourth-order valence-corrected chi connectivity index (χ4v) is 2.07. The lowest BCUT2D eigenvalue weighted by Gasteiger charge is -2.04. The van der Waals surface area contributed by atoms with Crippen LogP contribution in [0.4, 0.5) is 17.5 Å². The van der Waals surface area contributed by atoms with E-state index in [1.165, 1.54) is 17.2 Å². The van der Waals surface area contributed by atoms with Crippen molar-refractivity contribution in [1.29, 1.82) is 0 Å². The first-order chi connectivity index (χ1) is 10.2. The van der Waals surface area contributed by atoms with Crippen LogP contribution >= 0.6 is 0 Å². The van der Waals surface area contributed by atoms with Gasteiger partial charge in [0, 0.05) is 0 Å². The van der Waals surface area contributed by atoms with Crippen LogP contribution in [0.1, 0.15) is 5.69 Å². The van der Waals surface area contributed by atoms with Crippen molar-refractivity contribution in [3.63, 3.8) is 0 Å². The molecule has 0 spiro atoms. The molecule has 0 atom stereocenters. The second kappa shape index (κ2) is 4.10. The molecule has 0 fully saturated rings. The molecule has 10 nitrogen and oxygen atoms in total. The number of imidazole rings is 1. The molecule has 104 valence electrons. The number of nitrogens with two attached hydrogens (primary N) is 1. The van der Waals surface area contributed by atoms with E-state index in [-0.39, 0.29) is 5.95 Å². The Morgan fingerprint density at radius 1 is 0.952 bits per heavy atom. The van der Waals surface area contributed by atoms with Gasteiger partial charge in [0.15, 0.2) is 17.1 Å². The van der Waals surface area contributed by atoms with Gasteiger partial charge in [0.25, 0.3) is 0 Å². The average Bonchev–Trinajstić information content (AvgIpc) is 3.06. The van der Waals surface area contributed by atoms with Gasteiger partial charge in [0.2, 0.25) is 5.95 Å². The molecule has 4 aromatic heterocycles. The first-order valence-corrected chi connectivity index (χ1v) is 6.10. The lowest BCUT2D eigenvalue weighted by molar-refractivity contribution is 0.871. The zero-order valence-corrected chi connectivity index (χ0v) is 11.0. The maximum absolute atomic E-state index is 5.74. The molecular weight excluding hydrogens is 272 g/mol. The number of rotatable bonds is 2. The van der Waals surface area contributed by atoms with Crippen molar-refractivity contribution in [1.82, 2.24) is 39.2 Å². The van der Waals surface area contributed by atoms with E-state index in [0.29, 0.717) is 22.8 Å². The second-order valence-corrected chi connectivity index (χ2v) is 4.39. The van der Waals surface area contributed by atoms with E-state index in [2.05, 4.69) is 35.5 Å². The number of aryl methyl sites for hydroxylation is 1. The summed E-state index contributed by atoms with van der Waals surface area (Å²) >= 11 is 0. The number of fused-ring (bicyclic) bond motifs is 2. The van der Waals surface area contributed by atoms with Gasteiger partial charge in [-0.25, -0.2) is 24.5 Å². The van der Waals surface area contributed by atoms with Crippen LogP contribution in [0.25, 0.3) is 11.3 Å². The second-order valence-electron chi connectivity index (χ2n) is 4.39. The van der Waals surface area contributed by atoms with Crippen molar-refractivity contribution in [2.75, 3.05) is 11.1 Å². The Balaban J connectivity index is 1.85. The minimum atomic E-state index is 0.262. The first kappa shape index (κ1) is 11.5. The van der Waals surface area contributed by atoms with Gasteiger partial charge in [0.1, 0.15) is 18.3 Å². The van der Waals surface area contributed by atoms with Gasteiger partial charge in [-0.05, 0) is 6.92 Å². The Morgan fingerprint density at radius 2 is 1.86 bits per heavy atom. The molecule has 0 aliphatic carbocycles. The largest absolute Gasteiger partial charge is 0.368 e. The minimum absolute atomic E-state index is 0.262. The van der Waals surface area contributed by atoms with Crippen LogP contribution in [0.15, 0.2) is 25.0 Å². The number of hydrogen-bond acceptors (Lipinski definition) is 8. The molecule has 4 heterocycles. The Labute approximate surface area is 117 Å². The fraction of sp³-hybridized carbons (Fsp3) is 0.0909. The number of anilines is 3. The van der Waals surface area contributed by atoms with E-state index >= 15 is 0 Å². The lowest BCUT2D eigenvalue weighted by atomic mass is 10.5. The normalized spacial score (nSPS) is 11.3. The third-order valence-electron chi connectivity index (χ3n) is 3.06. The van der Waals surface area contributed by atoms with Gasteiger partial charge in [-0.3, -0.25) is 0 Å². The number of aromatic nitrogens is 8. The van der Waals surface area contributed by atoms with Crippen molar-refractivity contribution in [3.8, 4) is 0 Å². The van der Waals surface area contributed by atoms with Gasteiger partial charge >= 0.3 is 0 Å². The van der Waals surface area contributed by atoms with Crippen molar-refractivity contribution in [3.05, 3.63) is 30.7 Å². The minimum Gasteiger partial charge on any atom is -0.368 e. The Bertz CT molecular complexity index is 952. The number of nitrogens with zero attached hydrogens (tertiary/aromatic N) is 8. The van der Waals surface area contributed by atoms with Crippen molar-refractivity contribution in [2.45, 2.75) is 6.92 Å². The zero-order valence-electron chi connectivity index (χ0n) is 11.0. The van der Waals surface area contributed by atoms with Crippen LogP contribution in [0, 0.1) is 6.92 Å². The third kappa shape index (κ3) is 1.65. The van der Waals surface area contributed by atoms with E-state index in [4.69, 9.17) is 5.73 Å². The molecular formula is C11H10N10. The van der Waals surface area contributed by atoms with Crippen LogP contribution in [0.2, 0.25) is 0 Å². The summed E-state index contributed by atoms with van der Waals surface area (Å²) in [6.07, 6.45) is 6.17. The molecule has 0 bridgehead atoms. The Hall–Kier alpha value is -3.30. The van der Waals surface area contributed by atoms with E-state index in [1.807, 2.05) is 6.92 Å². The van der Waals surface area contributed by atoms with Gasteiger partial charge in [0.05, 0.1) is 18.1 Å². The summed E-state index contributed by atoms with van der Waals surface area (Å²) in [6.45, 7) is 1.92. The highest BCUT2D eigenvalue weighted by Gasteiger charge is 2.12. The van der Waals surface area contributed by atoms with Crippen LogP contribution in [-0.4, -0.2) is 39.2 Å². The number of nitrogens with one attached hydrogen (secondary N) is 1. The van der Waals surface area contributed by atoms with Gasteiger partial charge in [-0.1, -0.05) is 0 Å². The molecule has 0 amide bonds. The van der Waals surface area contributed by atoms with E-state index in [9.17, 15) is 0 Å². The topological polar surface area (TPSA) is 124 Å². The SMILES string of the molecule is Cc1cnc2c(Nc3cnn4c(N)ncnc34)ncnn12. The summed E-state index contributed by atoms with van der Waals surface area (Å²) in [7, 11) is 0. The summed E-state index contributed by atoms with van der Waals surface area (Å²) < 4.78 is 3.14. The molecule has 3 N–H and O–H groups in total. The van der Waals surface area contributed by atoms with E-state index in [1.54, 1.807) is 16.9 Å².